The Labute approximate surface area is 200 Å². The van der Waals surface area contributed by atoms with Gasteiger partial charge in [-0.3, -0.25) is 19.7 Å². The molecule has 0 saturated carbocycles. The van der Waals surface area contributed by atoms with Gasteiger partial charge in [-0.05, 0) is 62.2 Å². The lowest BCUT2D eigenvalue weighted by Gasteiger charge is -2.09. The van der Waals surface area contributed by atoms with E-state index in [1.165, 1.54) is 19.2 Å². The van der Waals surface area contributed by atoms with Gasteiger partial charge < -0.3 is 15.2 Å². The van der Waals surface area contributed by atoms with Crippen LogP contribution in [0.5, 0.6) is 0 Å². The number of benzene rings is 2. The average Bonchev–Trinajstić information content (AvgIpc) is 3.13. The zero-order chi connectivity index (χ0) is 25.7. The van der Waals surface area contributed by atoms with Crippen LogP contribution in [0.3, 0.4) is 0 Å². The van der Waals surface area contributed by atoms with Gasteiger partial charge in [0.05, 0.1) is 34.5 Å². The van der Waals surface area contributed by atoms with E-state index in [1.807, 2.05) is 13.8 Å². The number of rotatable bonds is 9. The Kier molecular flexibility index (Phi) is 7.59. The van der Waals surface area contributed by atoms with Crippen LogP contribution in [0.4, 0.5) is 5.69 Å². The second-order valence-electron chi connectivity index (χ2n) is 7.73. The maximum Gasteiger partial charge on any atom is 0.338 e. The Morgan fingerprint density at radius 3 is 2.34 bits per heavy atom. The molecule has 182 valence electrons. The second kappa shape index (κ2) is 10.6. The van der Waals surface area contributed by atoms with Crippen molar-refractivity contribution in [2.75, 3.05) is 7.11 Å². The van der Waals surface area contributed by atoms with E-state index in [0.717, 1.165) is 23.0 Å². The Bertz CT molecular complexity index is 1300. The van der Waals surface area contributed by atoms with Crippen molar-refractivity contribution in [3.63, 3.8) is 0 Å². The second-order valence-corrected chi connectivity index (χ2v) is 7.73. The van der Waals surface area contributed by atoms with Crippen molar-refractivity contribution in [1.82, 2.24) is 9.78 Å². The van der Waals surface area contributed by atoms with E-state index in [9.17, 15) is 24.5 Å². The first-order valence-corrected chi connectivity index (χ1v) is 10.6. The van der Waals surface area contributed by atoms with Gasteiger partial charge in [0, 0.05) is 23.7 Å². The van der Waals surface area contributed by atoms with Crippen LogP contribution in [0.1, 0.15) is 49.7 Å². The van der Waals surface area contributed by atoms with Crippen LogP contribution in [-0.4, -0.2) is 39.7 Å². The molecule has 0 unspecified atom stereocenters. The van der Waals surface area contributed by atoms with E-state index in [0.29, 0.717) is 12.1 Å². The summed E-state index contributed by atoms with van der Waals surface area (Å²) >= 11 is 0. The van der Waals surface area contributed by atoms with Crippen LogP contribution in [0.2, 0.25) is 0 Å². The van der Waals surface area contributed by atoms with Crippen LogP contribution in [-0.2, 0) is 27.3 Å². The highest BCUT2D eigenvalue weighted by molar-refractivity contribution is 5.93. The van der Waals surface area contributed by atoms with Gasteiger partial charge in [-0.1, -0.05) is 0 Å². The summed E-state index contributed by atoms with van der Waals surface area (Å²) in [6.07, 6.45) is 0.749. The van der Waals surface area contributed by atoms with Gasteiger partial charge in [0.2, 0.25) is 5.91 Å². The minimum atomic E-state index is -0.796. The zero-order valence-corrected chi connectivity index (χ0v) is 19.4. The van der Waals surface area contributed by atoms with Crippen molar-refractivity contribution in [3.8, 4) is 5.69 Å². The summed E-state index contributed by atoms with van der Waals surface area (Å²) in [5.74, 6) is -1.76. The average molecular weight is 480 g/mol. The van der Waals surface area contributed by atoms with E-state index in [2.05, 4.69) is 5.10 Å². The third-order valence-corrected chi connectivity index (χ3v) is 5.52. The summed E-state index contributed by atoms with van der Waals surface area (Å²) in [6.45, 7) is 3.40. The van der Waals surface area contributed by atoms with Crippen molar-refractivity contribution in [3.05, 3.63) is 86.2 Å². The van der Waals surface area contributed by atoms with Crippen LogP contribution < -0.4 is 5.73 Å². The molecule has 1 heterocycles. The molecule has 0 bridgehead atoms. The number of primary amides is 1. The summed E-state index contributed by atoms with van der Waals surface area (Å²) in [4.78, 5) is 45.9. The highest BCUT2D eigenvalue weighted by Gasteiger charge is 2.19. The molecule has 2 aromatic carbocycles. The number of esters is 2. The highest BCUT2D eigenvalue weighted by atomic mass is 16.6. The van der Waals surface area contributed by atoms with Crippen molar-refractivity contribution in [2.24, 2.45) is 5.73 Å². The molecule has 0 spiro atoms. The summed E-state index contributed by atoms with van der Waals surface area (Å²) < 4.78 is 11.7. The summed E-state index contributed by atoms with van der Waals surface area (Å²) in [6, 6.07) is 10.2. The molecule has 11 heteroatoms. The number of aromatic nitrogens is 2. The fourth-order valence-corrected chi connectivity index (χ4v) is 3.59. The molecule has 0 fully saturated rings. The maximum atomic E-state index is 12.5. The fraction of sp³-hybridized carbons (Fsp3) is 0.250. The highest BCUT2D eigenvalue weighted by Crippen LogP contribution is 2.23. The molecule has 0 radical (unpaired) electrons. The fourth-order valence-electron chi connectivity index (χ4n) is 3.59. The SMILES string of the molecule is COC(=O)CCc1c(C)nn(-c2ccc(C(=O)OCc3ccc(C(N)=O)cc3[N+](=O)[O-])cc2)c1C. The molecule has 1 aromatic heterocycles. The predicted octanol–water partition coefficient (Wildman–Crippen LogP) is 2.96. The quantitative estimate of drug-likeness (QED) is 0.278. The number of hydrogen-bond acceptors (Lipinski definition) is 8. The van der Waals surface area contributed by atoms with Gasteiger partial charge in [0.15, 0.2) is 0 Å². The number of amides is 1. The molecule has 0 aliphatic rings. The summed E-state index contributed by atoms with van der Waals surface area (Å²) in [5, 5.41) is 15.8. The van der Waals surface area contributed by atoms with Gasteiger partial charge in [-0.15, -0.1) is 0 Å². The molecular weight excluding hydrogens is 456 g/mol. The van der Waals surface area contributed by atoms with Crippen molar-refractivity contribution >= 4 is 23.5 Å². The summed E-state index contributed by atoms with van der Waals surface area (Å²) in [7, 11) is 1.35. The number of nitrogens with zero attached hydrogens (tertiary/aromatic N) is 3. The van der Waals surface area contributed by atoms with E-state index in [1.54, 1.807) is 28.9 Å². The van der Waals surface area contributed by atoms with Gasteiger partial charge in [0.1, 0.15) is 6.61 Å². The monoisotopic (exact) mass is 480 g/mol. The summed E-state index contributed by atoms with van der Waals surface area (Å²) in [5.41, 5.74) is 8.49. The number of ether oxygens (including phenoxy) is 2. The van der Waals surface area contributed by atoms with Crippen LogP contribution in [0.15, 0.2) is 42.5 Å². The topological polar surface area (TPSA) is 157 Å². The maximum absolute atomic E-state index is 12.5. The molecule has 3 aromatic rings. The van der Waals surface area contributed by atoms with E-state index in [4.69, 9.17) is 15.2 Å². The zero-order valence-electron chi connectivity index (χ0n) is 19.4. The number of aryl methyl sites for hydroxylation is 1. The van der Waals surface area contributed by atoms with E-state index in [-0.39, 0.29) is 41.4 Å². The first-order chi connectivity index (χ1) is 16.6. The first kappa shape index (κ1) is 25.1. The molecule has 1 amide bonds. The molecule has 35 heavy (non-hydrogen) atoms. The number of nitro groups is 1. The van der Waals surface area contributed by atoms with E-state index >= 15 is 0 Å². The molecule has 0 aliphatic heterocycles. The molecule has 3 rings (SSSR count). The minimum Gasteiger partial charge on any atom is -0.469 e. The molecule has 0 saturated heterocycles. The minimum absolute atomic E-state index is 0.0139. The number of nitro benzene ring substituents is 1. The molecule has 2 N–H and O–H groups in total. The third kappa shape index (κ3) is 5.69. The van der Waals surface area contributed by atoms with Gasteiger partial charge in [0.25, 0.3) is 5.69 Å². The first-order valence-electron chi connectivity index (χ1n) is 10.6. The van der Waals surface area contributed by atoms with Crippen molar-refractivity contribution in [1.29, 1.82) is 0 Å². The standard InChI is InChI=1S/C24H24N4O7/c1-14-20(10-11-22(29)34-3)15(2)27(26-14)19-8-6-16(7-9-19)24(31)35-13-18-5-4-17(23(25)30)12-21(18)28(32)33/h4-9,12H,10-11,13H2,1-3H3,(H2,25,30). The number of carbonyl (C=O) groups excluding carboxylic acids is 3. The Balaban J connectivity index is 1.72. The van der Waals surface area contributed by atoms with Gasteiger partial charge in [-0.25, -0.2) is 9.48 Å². The van der Waals surface area contributed by atoms with E-state index < -0.39 is 16.8 Å². The Morgan fingerprint density at radius 1 is 1.09 bits per heavy atom. The lowest BCUT2D eigenvalue weighted by atomic mass is 10.1. The van der Waals surface area contributed by atoms with Gasteiger partial charge >= 0.3 is 11.9 Å². The number of carbonyl (C=O) groups is 3. The smallest absolute Gasteiger partial charge is 0.338 e. The Hall–Kier alpha value is -4.54. The van der Waals surface area contributed by atoms with Crippen molar-refractivity contribution in [2.45, 2.75) is 33.3 Å². The predicted molar refractivity (Wildman–Crippen MR) is 124 cm³/mol. The largest absolute Gasteiger partial charge is 0.469 e. The van der Waals surface area contributed by atoms with Crippen LogP contribution in [0, 0.1) is 24.0 Å². The van der Waals surface area contributed by atoms with Crippen LogP contribution in [0.25, 0.3) is 5.69 Å². The lowest BCUT2D eigenvalue weighted by Crippen LogP contribution is -2.12. The molecular formula is C24H24N4O7. The van der Waals surface area contributed by atoms with Crippen LogP contribution >= 0.6 is 0 Å². The number of nitrogens with two attached hydrogens (primary N) is 1. The molecule has 11 nitrogen and oxygen atoms in total. The van der Waals surface area contributed by atoms with Crippen molar-refractivity contribution < 1.29 is 28.8 Å². The normalized spacial score (nSPS) is 10.6. The lowest BCUT2D eigenvalue weighted by molar-refractivity contribution is -0.385. The third-order valence-electron chi connectivity index (χ3n) is 5.52. The van der Waals surface area contributed by atoms with Gasteiger partial charge in [-0.2, -0.15) is 5.10 Å². The molecule has 0 aliphatic carbocycles. The number of methoxy groups -OCH3 is 1. The molecule has 0 atom stereocenters. The Morgan fingerprint density at radius 2 is 1.74 bits per heavy atom. The number of hydrogen-bond donors (Lipinski definition) is 1.